The number of allylic oxidation sites excluding steroid dienone is 4. The van der Waals surface area contributed by atoms with Crippen molar-refractivity contribution >= 4 is 34.0 Å². The third kappa shape index (κ3) is 2.34. The summed E-state index contributed by atoms with van der Waals surface area (Å²) in [6.45, 7) is 2.11. The van der Waals surface area contributed by atoms with Crippen molar-refractivity contribution in [3.05, 3.63) is 32.8 Å². The number of hydrogen-bond donors (Lipinski definition) is 0. The third-order valence-corrected chi connectivity index (χ3v) is 4.95. The molecule has 87 valence electrons. The van der Waals surface area contributed by atoms with Gasteiger partial charge in [0.2, 0.25) is 0 Å². The molecule has 1 unspecified atom stereocenters. The van der Waals surface area contributed by atoms with Gasteiger partial charge in [-0.2, -0.15) is 9.36 Å². The van der Waals surface area contributed by atoms with Crippen molar-refractivity contribution in [2.24, 2.45) is 13.0 Å². The van der Waals surface area contributed by atoms with Crippen LogP contribution in [0.2, 0.25) is 0 Å². The lowest BCUT2D eigenvalue weighted by Crippen LogP contribution is -2.29. The molecule has 0 aliphatic heterocycles. The molecular formula is C10H12ClMgN4O. The summed E-state index contributed by atoms with van der Waals surface area (Å²) in [4.78, 5) is 11.8. The van der Waals surface area contributed by atoms with E-state index >= 15 is 0 Å². The van der Waals surface area contributed by atoms with E-state index in [0.29, 0.717) is 5.92 Å². The van der Waals surface area contributed by atoms with Gasteiger partial charge in [0.05, 0.1) is 0 Å². The van der Waals surface area contributed by atoms with Crippen LogP contribution in [0.5, 0.6) is 0 Å². The van der Waals surface area contributed by atoms with Gasteiger partial charge >= 0.3 is 25.0 Å². The van der Waals surface area contributed by atoms with Crippen molar-refractivity contribution in [3.8, 4) is 0 Å². The number of hydrogen-bond acceptors (Lipinski definition) is 3. The Bertz CT molecular complexity index is 519. The SMILES string of the molecule is CCC1C=CC=C(n2nnn(C)c2=O)[C]1[Mg][Cl]. The normalized spacial score (nSPS) is 20.2. The van der Waals surface area contributed by atoms with E-state index in [4.69, 9.17) is 9.07 Å². The molecule has 1 aromatic rings. The lowest BCUT2D eigenvalue weighted by Gasteiger charge is -2.26. The smallest absolute Gasteiger partial charge is 0.345 e. The number of tetrazole rings is 1. The molecule has 7 heteroatoms. The van der Waals surface area contributed by atoms with Crippen LogP contribution in [-0.4, -0.2) is 39.1 Å². The number of rotatable bonds is 3. The number of halogens is 1. The maximum atomic E-state index is 11.8. The van der Waals surface area contributed by atoms with Gasteiger partial charge in [-0.3, -0.25) is 0 Å². The average Bonchev–Trinajstić information content (AvgIpc) is 2.69. The number of aryl methyl sites for hydroxylation is 1. The monoisotopic (exact) mass is 263 g/mol. The van der Waals surface area contributed by atoms with E-state index in [2.05, 4.69) is 23.4 Å². The van der Waals surface area contributed by atoms with Gasteiger partial charge in [0.15, 0.2) is 0 Å². The van der Waals surface area contributed by atoms with Gasteiger partial charge in [0, 0.05) is 12.7 Å². The van der Waals surface area contributed by atoms with Crippen molar-refractivity contribution in [1.29, 1.82) is 0 Å². The highest BCUT2D eigenvalue weighted by Gasteiger charge is 2.28. The van der Waals surface area contributed by atoms with Crippen molar-refractivity contribution in [1.82, 2.24) is 19.8 Å². The summed E-state index contributed by atoms with van der Waals surface area (Å²) in [7, 11) is 7.70. The maximum absolute atomic E-state index is 11.8. The van der Waals surface area contributed by atoms with Gasteiger partial charge < -0.3 is 9.07 Å². The molecule has 0 spiro atoms. The van der Waals surface area contributed by atoms with Gasteiger partial charge in [-0.05, 0) is 22.4 Å². The minimum Gasteiger partial charge on any atom is -0.345 e. The van der Waals surface area contributed by atoms with Crippen molar-refractivity contribution < 1.29 is 0 Å². The molecule has 1 radical (unpaired) electrons. The molecule has 1 aromatic heterocycles. The Hall–Kier alpha value is -0.594. The predicted molar refractivity (Wildman–Crippen MR) is 67.3 cm³/mol. The number of nitrogens with zero attached hydrogens (tertiary/aromatic N) is 4. The Morgan fingerprint density at radius 3 is 2.82 bits per heavy atom. The van der Waals surface area contributed by atoms with E-state index in [-0.39, 0.29) is 5.69 Å². The number of aromatic nitrogens is 4. The van der Waals surface area contributed by atoms with Crippen LogP contribution in [0.4, 0.5) is 0 Å². The predicted octanol–water partition coefficient (Wildman–Crippen LogP) is 0.804. The molecule has 1 aliphatic carbocycles. The van der Waals surface area contributed by atoms with Crippen LogP contribution in [0.3, 0.4) is 0 Å². The summed E-state index contributed by atoms with van der Waals surface area (Å²) in [5, 5.41) is 7.59. The van der Waals surface area contributed by atoms with E-state index < -0.39 is 19.3 Å². The van der Waals surface area contributed by atoms with Crippen LogP contribution in [0, 0.1) is 9.97 Å². The van der Waals surface area contributed by atoms with E-state index in [1.165, 1.54) is 9.36 Å². The van der Waals surface area contributed by atoms with Gasteiger partial charge in [0.1, 0.15) is 0 Å². The Morgan fingerprint density at radius 2 is 2.29 bits per heavy atom. The molecule has 1 heterocycles. The van der Waals surface area contributed by atoms with Gasteiger partial charge in [0.25, 0.3) is 0 Å². The Labute approximate surface area is 113 Å². The Balaban J connectivity index is 2.44. The van der Waals surface area contributed by atoms with E-state index in [1.54, 1.807) is 7.05 Å². The minimum atomic E-state index is -0.856. The van der Waals surface area contributed by atoms with E-state index in [1.807, 2.05) is 12.2 Å². The standard InChI is InChI=1S/C10H12N4O.ClH.Mg/c1-3-8-5-4-6-9(7-8)14-10(15)13(2)11-12-14;;/h4-6,8H,3H2,1-2H3;1H;/q;;+1/p-1. The molecule has 2 rings (SSSR count). The second-order valence-corrected chi connectivity index (χ2v) is 5.74. The van der Waals surface area contributed by atoms with Crippen LogP contribution in [0.25, 0.3) is 5.70 Å². The van der Waals surface area contributed by atoms with Crippen LogP contribution >= 0.6 is 9.07 Å². The zero-order chi connectivity index (χ0) is 12.4. The molecule has 0 saturated heterocycles. The van der Waals surface area contributed by atoms with Crippen LogP contribution in [0.15, 0.2) is 23.0 Å². The van der Waals surface area contributed by atoms with Crippen molar-refractivity contribution in [2.75, 3.05) is 0 Å². The second kappa shape index (κ2) is 5.37. The van der Waals surface area contributed by atoms with E-state index in [9.17, 15) is 4.79 Å². The molecule has 0 fully saturated rings. The molecule has 5 nitrogen and oxygen atoms in total. The van der Waals surface area contributed by atoms with Crippen LogP contribution in [0.1, 0.15) is 13.3 Å². The first-order valence-corrected chi connectivity index (χ1v) is 8.33. The molecule has 0 aromatic carbocycles. The average molecular weight is 264 g/mol. The third-order valence-electron chi connectivity index (χ3n) is 2.91. The van der Waals surface area contributed by atoms with Crippen LogP contribution in [-0.2, 0) is 7.05 Å². The fourth-order valence-corrected chi connectivity index (χ4v) is 3.95. The molecule has 17 heavy (non-hydrogen) atoms. The summed E-state index contributed by atoms with van der Waals surface area (Å²) in [6.07, 6.45) is 6.94. The first-order valence-electron chi connectivity index (χ1n) is 5.49. The molecule has 1 atom stereocenters. The minimum absolute atomic E-state index is 0.238. The molecular weight excluding hydrogens is 252 g/mol. The molecule has 0 bridgehead atoms. The maximum Gasteiger partial charge on any atom is 0.513 e. The Kier molecular flexibility index (Phi) is 4.06. The molecule has 0 N–H and O–H groups in total. The first-order chi connectivity index (χ1) is 8.19. The summed E-state index contributed by atoms with van der Waals surface area (Å²) < 4.78 is 3.70. The zero-order valence-corrected chi connectivity index (χ0v) is 12.0. The lowest BCUT2D eigenvalue weighted by molar-refractivity contribution is 0.682. The highest BCUT2D eigenvalue weighted by molar-refractivity contribution is 6.98. The first kappa shape index (κ1) is 12.9. The van der Waals surface area contributed by atoms with Crippen molar-refractivity contribution in [2.45, 2.75) is 13.3 Å². The van der Waals surface area contributed by atoms with Crippen LogP contribution < -0.4 is 5.69 Å². The Morgan fingerprint density at radius 1 is 1.53 bits per heavy atom. The zero-order valence-electron chi connectivity index (χ0n) is 9.80. The summed E-state index contributed by atoms with van der Waals surface area (Å²) >= 11 is -0.856. The summed E-state index contributed by atoms with van der Waals surface area (Å²) in [5.41, 5.74) is 0.567. The van der Waals surface area contributed by atoms with E-state index in [0.717, 1.165) is 16.2 Å². The molecule has 0 saturated carbocycles. The summed E-state index contributed by atoms with van der Waals surface area (Å²) in [5.74, 6) is 0.327. The second-order valence-electron chi connectivity index (χ2n) is 3.91. The largest absolute Gasteiger partial charge is 0.513 e. The fraction of sp³-hybridized carbons (Fsp3) is 0.400. The van der Waals surface area contributed by atoms with Crippen molar-refractivity contribution in [3.63, 3.8) is 0 Å². The fourth-order valence-electron chi connectivity index (χ4n) is 1.92. The summed E-state index contributed by atoms with van der Waals surface area (Å²) in [6, 6.07) is 0. The molecule has 1 aliphatic rings. The van der Waals surface area contributed by atoms with Gasteiger partial charge in [-0.25, -0.2) is 4.79 Å². The molecule has 0 amide bonds. The van der Waals surface area contributed by atoms with Gasteiger partial charge in [-0.1, -0.05) is 29.5 Å². The topological polar surface area (TPSA) is 52.7 Å². The quantitative estimate of drug-likeness (QED) is 0.759. The van der Waals surface area contributed by atoms with Gasteiger partial charge in [-0.15, -0.1) is 0 Å². The highest BCUT2D eigenvalue weighted by Crippen LogP contribution is 2.32. The lowest BCUT2D eigenvalue weighted by atomic mass is 9.95. The highest BCUT2D eigenvalue weighted by atomic mass is 35.5.